The zero-order valence-electron chi connectivity index (χ0n) is 18.7. The Morgan fingerprint density at radius 1 is 0.643 bits per heavy atom. The number of unbranched alkanes of at least 4 members (excludes halogenated alkanes) is 15. The molecule has 1 aromatic carbocycles. The molecule has 0 N–H and O–H groups in total. The van der Waals surface area contributed by atoms with Gasteiger partial charge in [-0.05, 0) is 25.0 Å². The van der Waals surface area contributed by atoms with Crippen LogP contribution in [-0.4, -0.2) is 12.6 Å². The molecule has 28 heavy (non-hydrogen) atoms. The van der Waals surface area contributed by atoms with E-state index in [4.69, 9.17) is 0 Å². The fourth-order valence-corrected chi connectivity index (χ4v) is 3.57. The second-order valence-electron chi connectivity index (χ2n) is 8.18. The molecule has 2 nitrogen and oxygen atoms in total. The average Bonchev–Trinajstić information content (AvgIpc) is 2.71. The van der Waals surface area contributed by atoms with Gasteiger partial charge in [0.25, 0.3) is 0 Å². The third-order valence-electron chi connectivity index (χ3n) is 5.48. The number of hydrogen-bond acceptors (Lipinski definition) is 2. The number of para-hydroxylation sites is 1. The maximum atomic E-state index is 4.30. The highest BCUT2D eigenvalue weighted by Crippen LogP contribution is 2.16. The summed E-state index contributed by atoms with van der Waals surface area (Å²) in [5, 5.41) is 0. The van der Waals surface area contributed by atoms with Crippen molar-refractivity contribution in [3.05, 3.63) is 29.8 Å². The topological polar surface area (TPSA) is 24.7 Å². The Balaban J connectivity index is 1.81. The number of hydrogen-bond donors (Lipinski definition) is 0. The zero-order valence-corrected chi connectivity index (χ0v) is 18.7. The minimum absolute atomic E-state index is 0.855. The summed E-state index contributed by atoms with van der Waals surface area (Å²) in [7, 11) is 0. The average molecular weight is 385 g/mol. The molecule has 0 aliphatic carbocycles. The van der Waals surface area contributed by atoms with E-state index in [0.29, 0.717) is 0 Å². The number of aryl methyl sites for hydroxylation is 1. The highest BCUT2D eigenvalue weighted by Gasteiger charge is 1.94. The molecule has 0 aliphatic heterocycles. The van der Waals surface area contributed by atoms with Crippen molar-refractivity contribution in [2.45, 2.75) is 117 Å². The Hall–Kier alpha value is -1.40. The lowest BCUT2D eigenvalue weighted by molar-refractivity contribution is 0.530. The van der Waals surface area contributed by atoms with Crippen molar-refractivity contribution in [2.75, 3.05) is 6.54 Å². The quantitative estimate of drug-likeness (QED) is 0.178. The van der Waals surface area contributed by atoms with Gasteiger partial charge in [0, 0.05) is 6.54 Å². The van der Waals surface area contributed by atoms with Crippen LogP contribution in [0.1, 0.15) is 115 Å². The van der Waals surface area contributed by atoms with Gasteiger partial charge in [-0.2, -0.15) is 4.99 Å². The van der Waals surface area contributed by atoms with E-state index < -0.39 is 0 Å². The molecule has 0 heterocycles. The Bertz CT molecular complexity index is 529. The maximum absolute atomic E-state index is 4.30. The van der Waals surface area contributed by atoms with Crippen molar-refractivity contribution >= 4 is 11.7 Å². The highest BCUT2D eigenvalue weighted by atomic mass is 14.8. The van der Waals surface area contributed by atoms with Gasteiger partial charge in [-0.25, -0.2) is 4.99 Å². The van der Waals surface area contributed by atoms with Crippen LogP contribution in [0.15, 0.2) is 34.3 Å². The summed E-state index contributed by atoms with van der Waals surface area (Å²) in [6.45, 7) is 5.21. The number of aliphatic imine (C=N–C) groups is 2. The van der Waals surface area contributed by atoms with Crippen molar-refractivity contribution in [1.29, 1.82) is 0 Å². The molecule has 0 radical (unpaired) electrons. The second kappa shape index (κ2) is 18.9. The monoisotopic (exact) mass is 384 g/mol. The number of benzene rings is 1. The first-order valence-electron chi connectivity index (χ1n) is 12.0. The van der Waals surface area contributed by atoms with Gasteiger partial charge < -0.3 is 0 Å². The first-order chi connectivity index (χ1) is 13.8. The predicted molar refractivity (Wildman–Crippen MR) is 125 cm³/mol. The molecule has 0 amide bonds. The van der Waals surface area contributed by atoms with E-state index in [2.05, 4.69) is 35.9 Å². The van der Waals surface area contributed by atoms with Crippen LogP contribution in [0.4, 0.5) is 5.69 Å². The maximum Gasteiger partial charge on any atom is 0.0949 e. The van der Waals surface area contributed by atoms with Crippen LogP contribution in [0.2, 0.25) is 0 Å². The summed E-state index contributed by atoms with van der Waals surface area (Å²) in [5.74, 6) is 0. The van der Waals surface area contributed by atoms with E-state index in [1.807, 2.05) is 18.2 Å². The Morgan fingerprint density at radius 3 is 1.61 bits per heavy atom. The summed E-state index contributed by atoms with van der Waals surface area (Å²) in [6.07, 6.45) is 22.4. The van der Waals surface area contributed by atoms with E-state index in [0.717, 1.165) is 18.7 Å². The molecule has 0 atom stereocenters. The van der Waals surface area contributed by atoms with Crippen LogP contribution in [0, 0.1) is 6.92 Å². The first kappa shape index (κ1) is 24.6. The van der Waals surface area contributed by atoms with Crippen molar-refractivity contribution in [3.63, 3.8) is 0 Å². The van der Waals surface area contributed by atoms with Gasteiger partial charge in [0.1, 0.15) is 0 Å². The SMILES string of the molecule is CCCCCCCCCCCCCCCCCCN=C=Nc1ccccc1C. The summed E-state index contributed by atoms with van der Waals surface area (Å²) in [5.41, 5.74) is 2.14. The van der Waals surface area contributed by atoms with Crippen molar-refractivity contribution in [1.82, 2.24) is 0 Å². The second-order valence-corrected chi connectivity index (χ2v) is 8.18. The summed E-state index contributed by atoms with van der Waals surface area (Å²) >= 11 is 0. The minimum atomic E-state index is 0.855. The van der Waals surface area contributed by atoms with E-state index >= 15 is 0 Å². The van der Waals surface area contributed by atoms with Crippen LogP contribution in [-0.2, 0) is 0 Å². The third-order valence-corrected chi connectivity index (χ3v) is 5.48. The molecule has 2 heteroatoms. The molecule has 0 bridgehead atoms. The lowest BCUT2D eigenvalue weighted by Crippen LogP contribution is -1.85. The number of nitrogens with zero attached hydrogens (tertiary/aromatic N) is 2. The lowest BCUT2D eigenvalue weighted by atomic mass is 10.0. The summed E-state index contributed by atoms with van der Waals surface area (Å²) in [6, 6.07) is 10.9. The zero-order chi connectivity index (χ0) is 20.1. The summed E-state index contributed by atoms with van der Waals surface area (Å²) in [4.78, 5) is 8.59. The minimum Gasteiger partial charge on any atom is -0.225 e. The van der Waals surface area contributed by atoms with Crippen LogP contribution in [0.25, 0.3) is 0 Å². The van der Waals surface area contributed by atoms with Gasteiger partial charge in [-0.15, -0.1) is 0 Å². The van der Waals surface area contributed by atoms with Crippen molar-refractivity contribution < 1.29 is 0 Å². The van der Waals surface area contributed by atoms with E-state index in [-0.39, 0.29) is 0 Å². The molecule has 0 saturated carbocycles. The standard InChI is InChI=1S/C26H44N2/c1-3-4-5-6-7-8-9-10-11-12-13-14-15-16-17-20-23-27-24-28-26-22-19-18-21-25(26)2/h18-19,21-22H,3-17,20,23H2,1-2H3. The van der Waals surface area contributed by atoms with Gasteiger partial charge in [-0.3, -0.25) is 0 Å². The Morgan fingerprint density at radius 2 is 1.11 bits per heavy atom. The molecule has 0 unspecified atom stereocenters. The van der Waals surface area contributed by atoms with Gasteiger partial charge >= 0.3 is 0 Å². The van der Waals surface area contributed by atoms with Gasteiger partial charge in [0.15, 0.2) is 0 Å². The largest absolute Gasteiger partial charge is 0.225 e. The van der Waals surface area contributed by atoms with Crippen LogP contribution < -0.4 is 0 Å². The molecule has 1 aromatic rings. The van der Waals surface area contributed by atoms with E-state index in [1.54, 1.807) is 0 Å². The molecule has 0 aliphatic rings. The van der Waals surface area contributed by atoms with Crippen LogP contribution in [0.5, 0.6) is 0 Å². The Labute approximate surface area is 175 Å². The molecule has 0 saturated heterocycles. The fourth-order valence-electron chi connectivity index (χ4n) is 3.57. The van der Waals surface area contributed by atoms with E-state index in [9.17, 15) is 0 Å². The van der Waals surface area contributed by atoms with Gasteiger partial charge in [-0.1, -0.05) is 121 Å². The summed E-state index contributed by atoms with van der Waals surface area (Å²) < 4.78 is 0. The van der Waals surface area contributed by atoms with Crippen molar-refractivity contribution in [2.24, 2.45) is 9.98 Å². The van der Waals surface area contributed by atoms with Crippen LogP contribution >= 0.6 is 0 Å². The van der Waals surface area contributed by atoms with E-state index in [1.165, 1.54) is 102 Å². The first-order valence-corrected chi connectivity index (χ1v) is 12.0. The fraction of sp³-hybridized carbons (Fsp3) is 0.731. The lowest BCUT2D eigenvalue weighted by Gasteiger charge is -2.03. The molecular weight excluding hydrogens is 340 g/mol. The number of rotatable bonds is 18. The van der Waals surface area contributed by atoms with Crippen LogP contribution in [0.3, 0.4) is 0 Å². The smallest absolute Gasteiger partial charge is 0.0949 e. The van der Waals surface area contributed by atoms with Gasteiger partial charge in [0.05, 0.1) is 11.7 Å². The molecule has 1 rings (SSSR count). The molecular formula is C26H44N2. The van der Waals surface area contributed by atoms with Gasteiger partial charge in [0.2, 0.25) is 0 Å². The highest BCUT2D eigenvalue weighted by molar-refractivity contribution is 5.55. The molecule has 0 aromatic heterocycles. The Kier molecular flexibility index (Phi) is 16.7. The normalized spacial score (nSPS) is 10.6. The third kappa shape index (κ3) is 14.6. The predicted octanol–water partition coefficient (Wildman–Crippen LogP) is 9.06. The molecule has 158 valence electrons. The molecule has 0 fully saturated rings. The van der Waals surface area contributed by atoms with Crippen molar-refractivity contribution in [3.8, 4) is 0 Å². The molecule has 0 spiro atoms.